The molecule has 5 nitrogen and oxygen atoms in total. The number of carbonyl (C=O) groups is 2. The first kappa shape index (κ1) is 28.7. The molecule has 2 rings (SSSR count). The number of carbonyl (C=O) groups excluding carboxylic acids is 2. The molecule has 0 heterocycles. The van der Waals surface area contributed by atoms with Crippen LogP contribution in [-0.2, 0) is 16.0 Å². The van der Waals surface area contributed by atoms with Crippen molar-refractivity contribution in [1.29, 1.82) is 0 Å². The van der Waals surface area contributed by atoms with Gasteiger partial charge in [-0.3, -0.25) is 9.59 Å². The highest BCUT2D eigenvalue weighted by atomic mass is 16.1. The molecule has 5 heteroatoms. The lowest BCUT2D eigenvalue weighted by Crippen LogP contribution is -2.20. The molecule has 0 saturated carbocycles. The zero-order valence-corrected chi connectivity index (χ0v) is 21.4. The van der Waals surface area contributed by atoms with Gasteiger partial charge in [0, 0.05) is 19.2 Å². The van der Waals surface area contributed by atoms with Crippen molar-refractivity contribution in [3.63, 3.8) is 0 Å². The van der Waals surface area contributed by atoms with Crippen LogP contribution in [0.15, 0.2) is 77.9 Å². The third-order valence-corrected chi connectivity index (χ3v) is 5.46. The smallest absolute Gasteiger partial charge is 0.250 e. The number of anilines is 2. The summed E-state index contributed by atoms with van der Waals surface area (Å²) in [5.41, 5.74) is 5.16. The van der Waals surface area contributed by atoms with Gasteiger partial charge in [-0.1, -0.05) is 81.8 Å². The van der Waals surface area contributed by atoms with Crippen molar-refractivity contribution in [2.24, 2.45) is 5.92 Å². The Morgan fingerprint density at radius 1 is 0.971 bits per heavy atom. The van der Waals surface area contributed by atoms with Crippen LogP contribution in [0.2, 0.25) is 0 Å². The molecule has 0 bridgehead atoms. The second-order valence-corrected chi connectivity index (χ2v) is 8.07. The van der Waals surface area contributed by atoms with Crippen LogP contribution in [-0.4, -0.2) is 25.9 Å². The summed E-state index contributed by atoms with van der Waals surface area (Å²) in [7, 11) is 1.68. The molecule has 0 saturated heterocycles. The Kier molecular flexibility index (Phi) is 14.5. The lowest BCUT2D eigenvalue weighted by Gasteiger charge is -2.15. The molecule has 3 N–H and O–H groups in total. The van der Waals surface area contributed by atoms with Crippen molar-refractivity contribution in [1.82, 2.24) is 5.32 Å². The molecule has 0 aliphatic heterocycles. The van der Waals surface area contributed by atoms with Gasteiger partial charge in [-0.05, 0) is 55.4 Å². The van der Waals surface area contributed by atoms with E-state index in [1.54, 1.807) is 7.05 Å². The molecule has 34 heavy (non-hydrogen) atoms. The highest BCUT2D eigenvalue weighted by molar-refractivity contribution is 5.96. The van der Waals surface area contributed by atoms with E-state index in [0.717, 1.165) is 49.2 Å². The molecule has 0 fully saturated rings. The highest BCUT2D eigenvalue weighted by Gasteiger charge is 2.11. The van der Waals surface area contributed by atoms with Crippen LogP contribution in [0.4, 0.5) is 11.4 Å². The number of allylic oxidation sites excluding steroid dienone is 2. The van der Waals surface area contributed by atoms with Gasteiger partial charge in [-0.15, -0.1) is 0 Å². The fraction of sp³-hybridized carbons (Fsp3) is 0.379. The summed E-state index contributed by atoms with van der Waals surface area (Å²) >= 11 is 0. The predicted octanol–water partition coefficient (Wildman–Crippen LogP) is 6.36. The van der Waals surface area contributed by atoms with E-state index in [-0.39, 0.29) is 5.91 Å². The maximum Gasteiger partial charge on any atom is 0.250 e. The summed E-state index contributed by atoms with van der Waals surface area (Å²) in [6.45, 7) is 9.48. The summed E-state index contributed by atoms with van der Waals surface area (Å²) in [5.74, 6) is 0.459. The van der Waals surface area contributed by atoms with Gasteiger partial charge in [-0.2, -0.15) is 0 Å². The lowest BCUT2D eigenvalue weighted by atomic mass is 9.90. The Balaban J connectivity index is 0.000000380. The average Bonchev–Trinajstić information content (AvgIpc) is 2.87. The SMILES string of the molecule is CC/C=C(/C=C(/Cc1ccccc1)C(C)CC)C(=O)NC.CCCNc1ccccc1NC=O. The fourth-order valence-corrected chi connectivity index (χ4v) is 3.33. The van der Waals surface area contributed by atoms with E-state index in [1.807, 2.05) is 36.4 Å². The van der Waals surface area contributed by atoms with Gasteiger partial charge in [-0.25, -0.2) is 0 Å². The van der Waals surface area contributed by atoms with Crippen molar-refractivity contribution >= 4 is 23.7 Å². The quantitative estimate of drug-likeness (QED) is 0.195. The number of likely N-dealkylation sites (N-methyl/N-ethyl adjacent to an activating group) is 1. The van der Waals surface area contributed by atoms with Crippen LogP contribution in [0.3, 0.4) is 0 Å². The van der Waals surface area contributed by atoms with E-state index in [0.29, 0.717) is 12.3 Å². The first-order valence-corrected chi connectivity index (χ1v) is 12.2. The van der Waals surface area contributed by atoms with Crippen LogP contribution in [0.1, 0.15) is 52.5 Å². The van der Waals surface area contributed by atoms with E-state index in [9.17, 15) is 9.59 Å². The summed E-state index contributed by atoms with van der Waals surface area (Å²) in [6, 6.07) is 18.1. The van der Waals surface area contributed by atoms with Gasteiger partial charge in [0.25, 0.3) is 5.91 Å². The first-order chi connectivity index (χ1) is 16.5. The zero-order valence-electron chi connectivity index (χ0n) is 21.4. The van der Waals surface area contributed by atoms with Gasteiger partial charge >= 0.3 is 0 Å². The molecule has 0 aliphatic rings. The molecule has 0 aliphatic carbocycles. The van der Waals surface area contributed by atoms with Crippen LogP contribution < -0.4 is 16.0 Å². The molecule has 0 aromatic heterocycles. The van der Waals surface area contributed by atoms with Crippen molar-refractivity contribution in [3.05, 3.63) is 83.5 Å². The molecule has 0 spiro atoms. The number of nitrogens with one attached hydrogen (secondary N) is 3. The summed E-state index contributed by atoms with van der Waals surface area (Å²) < 4.78 is 0. The number of benzene rings is 2. The standard InChI is InChI=1S/C19H27NO.C10H14N2O/c1-5-10-17(19(21)20-4)14-18(15(3)6-2)13-16-11-8-7-9-12-16;1-2-7-11-9-5-3-4-6-10(9)12-8-13/h7-12,14-15H,5-6,13H2,1-4H3,(H,20,21);3-6,8,11H,2,7H2,1H3,(H,12,13)/b17-10-,18-14-;. The Morgan fingerprint density at radius 3 is 2.18 bits per heavy atom. The molecule has 1 unspecified atom stereocenters. The Labute approximate surface area is 205 Å². The van der Waals surface area contributed by atoms with Gasteiger partial charge in [0.15, 0.2) is 0 Å². The zero-order chi connectivity index (χ0) is 25.2. The Hall–Kier alpha value is -3.34. The molecule has 1 atom stereocenters. The molecule has 2 amide bonds. The van der Waals surface area contributed by atoms with Gasteiger partial charge in [0.1, 0.15) is 0 Å². The summed E-state index contributed by atoms with van der Waals surface area (Å²) in [5, 5.41) is 8.59. The minimum Gasteiger partial charge on any atom is -0.383 e. The normalized spacial score (nSPS) is 12.1. The molecule has 2 aromatic carbocycles. The second kappa shape index (κ2) is 17.2. The number of hydrogen-bond acceptors (Lipinski definition) is 3. The third-order valence-electron chi connectivity index (χ3n) is 5.46. The lowest BCUT2D eigenvalue weighted by molar-refractivity contribution is -0.116. The number of para-hydroxylation sites is 2. The maximum absolute atomic E-state index is 12.0. The minimum absolute atomic E-state index is 0.00860. The van der Waals surface area contributed by atoms with E-state index in [4.69, 9.17) is 0 Å². The Morgan fingerprint density at radius 2 is 1.62 bits per heavy atom. The fourth-order valence-electron chi connectivity index (χ4n) is 3.33. The number of hydrogen-bond donors (Lipinski definition) is 3. The second-order valence-electron chi connectivity index (χ2n) is 8.07. The average molecular weight is 464 g/mol. The highest BCUT2D eigenvalue weighted by Crippen LogP contribution is 2.22. The van der Waals surface area contributed by atoms with Crippen molar-refractivity contribution in [3.8, 4) is 0 Å². The largest absolute Gasteiger partial charge is 0.383 e. The Bertz CT molecular complexity index is 920. The number of rotatable bonds is 12. The monoisotopic (exact) mass is 463 g/mol. The topological polar surface area (TPSA) is 70.2 Å². The van der Waals surface area contributed by atoms with E-state index in [1.165, 1.54) is 11.1 Å². The molecule has 0 radical (unpaired) electrons. The molecular formula is C29H41N3O2. The maximum atomic E-state index is 12.0. The van der Waals surface area contributed by atoms with E-state index in [2.05, 4.69) is 74.0 Å². The third kappa shape index (κ3) is 10.5. The van der Waals surface area contributed by atoms with Gasteiger partial charge < -0.3 is 16.0 Å². The first-order valence-electron chi connectivity index (χ1n) is 12.2. The number of amides is 2. The van der Waals surface area contributed by atoms with E-state index >= 15 is 0 Å². The van der Waals surface area contributed by atoms with Crippen LogP contribution in [0.5, 0.6) is 0 Å². The van der Waals surface area contributed by atoms with Gasteiger partial charge in [0.2, 0.25) is 6.41 Å². The van der Waals surface area contributed by atoms with Gasteiger partial charge in [0.05, 0.1) is 11.4 Å². The van der Waals surface area contributed by atoms with Crippen LogP contribution in [0, 0.1) is 5.92 Å². The summed E-state index contributed by atoms with van der Waals surface area (Å²) in [6.07, 6.45) is 8.65. The predicted molar refractivity (Wildman–Crippen MR) is 145 cm³/mol. The molecular weight excluding hydrogens is 422 g/mol. The molecule has 2 aromatic rings. The van der Waals surface area contributed by atoms with Crippen molar-refractivity contribution in [2.75, 3.05) is 24.2 Å². The van der Waals surface area contributed by atoms with Crippen molar-refractivity contribution in [2.45, 2.75) is 53.4 Å². The van der Waals surface area contributed by atoms with E-state index < -0.39 is 0 Å². The van der Waals surface area contributed by atoms with Crippen LogP contribution >= 0.6 is 0 Å². The van der Waals surface area contributed by atoms with Crippen LogP contribution in [0.25, 0.3) is 0 Å². The minimum atomic E-state index is -0.00860. The summed E-state index contributed by atoms with van der Waals surface area (Å²) in [4.78, 5) is 22.2. The van der Waals surface area contributed by atoms with Crippen molar-refractivity contribution < 1.29 is 9.59 Å². The molecule has 184 valence electrons.